The second-order valence-corrected chi connectivity index (χ2v) is 6.11. The van der Waals surface area contributed by atoms with Crippen LogP contribution in [0.4, 0.5) is 5.69 Å². The molecule has 6 heteroatoms. The molecule has 1 aromatic rings. The molecule has 0 aromatic heterocycles. The zero-order valence-corrected chi connectivity index (χ0v) is 11.2. The van der Waals surface area contributed by atoms with Gasteiger partial charge in [-0.25, -0.2) is 0 Å². The third-order valence-corrected chi connectivity index (χ3v) is 3.39. The van der Waals surface area contributed by atoms with Crippen LogP contribution in [0.1, 0.15) is 5.56 Å². The Morgan fingerprint density at radius 1 is 1.43 bits per heavy atom. The van der Waals surface area contributed by atoms with E-state index in [-0.39, 0.29) is 5.69 Å². The molecule has 0 bridgehead atoms. The second-order valence-electron chi connectivity index (χ2n) is 2.38. The Kier molecular flexibility index (Phi) is 4.33. The van der Waals surface area contributed by atoms with Crippen molar-refractivity contribution >= 4 is 60.8 Å². The predicted octanol–water partition coefficient (Wildman–Crippen LogP) is 4.29. The Hall–Kier alpha value is -0.140. The van der Waals surface area contributed by atoms with Gasteiger partial charge in [0.1, 0.15) is 0 Å². The molecule has 0 aliphatic carbocycles. The first-order valence-electron chi connectivity index (χ1n) is 3.48. The summed E-state index contributed by atoms with van der Waals surface area (Å²) in [6.45, 7) is 0. The summed E-state index contributed by atoms with van der Waals surface area (Å²) in [5, 5.41) is 10.9. The smallest absolute Gasteiger partial charge is 0.258 e. The van der Waals surface area contributed by atoms with E-state index in [0.29, 0.717) is 5.03 Å². The van der Waals surface area contributed by atoms with Crippen molar-refractivity contribution in [2.75, 3.05) is 0 Å². The van der Waals surface area contributed by atoms with Gasteiger partial charge < -0.3 is 0 Å². The van der Waals surface area contributed by atoms with Crippen molar-refractivity contribution in [1.29, 1.82) is 0 Å². The maximum atomic E-state index is 10.4. The van der Waals surface area contributed by atoms with Gasteiger partial charge in [-0.15, -0.1) is 0 Å². The standard InChI is InChI=1S/C8H4BrClINO2/c9-8(11)7(10)5-1-3-6(4-2-5)12(13)14/h1-4H. The number of benzene rings is 1. The first-order valence-corrected chi connectivity index (χ1v) is 5.73. The van der Waals surface area contributed by atoms with Crippen molar-refractivity contribution in [2.45, 2.75) is 0 Å². The lowest BCUT2D eigenvalue weighted by molar-refractivity contribution is -0.384. The van der Waals surface area contributed by atoms with Crippen LogP contribution >= 0.6 is 50.1 Å². The second kappa shape index (κ2) is 5.09. The monoisotopic (exact) mass is 387 g/mol. The van der Waals surface area contributed by atoms with Gasteiger partial charge in [-0.05, 0) is 56.2 Å². The lowest BCUT2D eigenvalue weighted by Gasteiger charge is -1.98. The molecule has 14 heavy (non-hydrogen) atoms. The van der Waals surface area contributed by atoms with Crippen LogP contribution in [0.5, 0.6) is 0 Å². The molecule has 0 spiro atoms. The first-order chi connectivity index (χ1) is 6.52. The van der Waals surface area contributed by atoms with Gasteiger partial charge in [-0.2, -0.15) is 0 Å². The van der Waals surface area contributed by atoms with E-state index in [1.165, 1.54) is 12.1 Å². The summed E-state index contributed by atoms with van der Waals surface area (Å²) in [6.07, 6.45) is 0. The Labute approximate surface area is 108 Å². The van der Waals surface area contributed by atoms with Crippen molar-refractivity contribution in [3.05, 3.63) is 42.4 Å². The molecule has 1 aromatic carbocycles. The largest absolute Gasteiger partial charge is 0.269 e. The lowest BCUT2D eigenvalue weighted by Crippen LogP contribution is -1.87. The molecule has 0 unspecified atom stereocenters. The highest BCUT2D eigenvalue weighted by molar-refractivity contribution is 14.1. The maximum absolute atomic E-state index is 10.4. The van der Waals surface area contributed by atoms with Gasteiger partial charge in [0.15, 0.2) is 0 Å². The minimum absolute atomic E-state index is 0.0581. The number of halogens is 3. The van der Waals surface area contributed by atoms with Gasteiger partial charge in [0, 0.05) is 12.1 Å². The molecule has 1 rings (SSSR count). The minimum Gasteiger partial charge on any atom is -0.258 e. The molecule has 3 nitrogen and oxygen atoms in total. The number of rotatable bonds is 2. The Bertz CT molecular complexity index is 387. The number of nitro groups is 1. The normalized spacial score (nSPS) is 12.2. The number of nitro benzene ring substituents is 1. The number of hydrogen-bond donors (Lipinski definition) is 0. The summed E-state index contributed by atoms with van der Waals surface area (Å²) in [4.78, 5) is 9.92. The highest BCUT2D eigenvalue weighted by Crippen LogP contribution is 2.31. The van der Waals surface area contributed by atoms with E-state index in [9.17, 15) is 10.1 Å². The lowest BCUT2D eigenvalue weighted by atomic mass is 10.2. The fourth-order valence-electron chi connectivity index (χ4n) is 0.839. The van der Waals surface area contributed by atoms with Crippen LogP contribution in [0.15, 0.2) is 26.8 Å². The summed E-state index contributed by atoms with van der Waals surface area (Å²) in [5.74, 6) is 0. The molecule has 0 aliphatic heterocycles. The average Bonchev–Trinajstić information content (AvgIpc) is 2.16. The highest BCUT2D eigenvalue weighted by Gasteiger charge is 2.06. The SMILES string of the molecule is O=[N+]([O-])c1ccc(C(Cl)=C(Br)I)cc1. The minimum atomic E-state index is -0.444. The molecule has 0 amide bonds. The van der Waals surface area contributed by atoms with Crippen molar-refractivity contribution in [1.82, 2.24) is 0 Å². The van der Waals surface area contributed by atoms with Crippen LogP contribution in [-0.4, -0.2) is 4.92 Å². The third-order valence-electron chi connectivity index (χ3n) is 1.50. The molecule has 0 fully saturated rings. The molecule has 0 N–H and O–H groups in total. The third kappa shape index (κ3) is 2.93. The Morgan fingerprint density at radius 3 is 2.29 bits per heavy atom. The molecule has 0 radical (unpaired) electrons. The summed E-state index contributed by atoms with van der Waals surface area (Å²) in [6, 6.07) is 6.06. The molecule has 0 aliphatic rings. The van der Waals surface area contributed by atoms with E-state index < -0.39 is 4.92 Å². The quantitative estimate of drug-likeness (QED) is 0.431. The zero-order valence-electron chi connectivity index (χ0n) is 6.71. The Balaban J connectivity index is 3.06. The molecule has 0 heterocycles. The van der Waals surface area contributed by atoms with E-state index >= 15 is 0 Å². The molecule has 0 saturated carbocycles. The van der Waals surface area contributed by atoms with E-state index in [2.05, 4.69) is 15.9 Å². The van der Waals surface area contributed by atoms with Gasteiger partial charge in [0.05, 0.1) is 12.4 Å². The van der Waals surface area contributed by atoms with E-state index in [1.54, 1.807) is 12.1 Å². The van der Waals surface area contributed by atoms with Crippen molar-refractivity contribution in [3.8, 4) is 0 Å². The predicted molar refractivity (Wildman–Crippen MR) is 68.8 cm³/mol. The van der Waals surface area contributed by atoms with Gasteiger partial charge >= 0.3 is 0 Å². The molecule has 0 saturated heterocycles. The van der Waals surface area contributed by atoms with Gasteiger partial charge in [0.2, 0.25) is 0 Å². The van der Waals surface area contributed by atoms with Crippen LogP contribution in [0, 0.1) is 10.1 Å². The van der Waals surface area contributed by atoms with Crippen LogP contribution in [0.3, 0.4) is 0 Å². The van der Waals surface area contributed by atoms with Crippen LogP contribution < -0.4 is 0 Å². The van der Waals surface area contributed by atoms with E-state index in [0.717, 1.165) is 8.05 Å². The summed E-state index contributed by atoms with van der Waals surface area (Å²) in [5.41, 5.74) is 0.807. The summed E-state index contributed by atoms with van der Waals surface area (Å²) in [7, 11) is 0. The maximum Gasteiger partial charge on any atom is 0.269 e. The molecule has 0 atom stereocenters. The number of nitrogens with zero attached hydrogens (tertiary/aromatic N) is 1. The van der Waals surface area contributed by atoms with Crippen LogP contribution in [0.2, 0.25) is 0 Å². The van der Waals surface area contributed by atoms with Crippen molar-refractivity contribution < 1.29 is 4.92 Å². The van der Waals surface area contributed by atoms with Crippen molar-refractivity contribution in [3.63, 3.8) is 0 Å². The van der Waals surface area contributed by atoms with Crippen molar-refractivity contribution in [2.24, 2.45) is 0 Å². The summed E-state index contributed by atoms with van der Waals surface area (Å²) >= 11 is 11.2. The fourth-order valence-corrected chi connectivity index (χ4v) is 1.50. The van der Waals surface area contributed by atoms with Gasteiger partial charge in [0.25, 0.3) is 5.69 Å². The van der Waals surface area contributed by atoms with Gasteiger partial charge in [-0.1, -0.05) is 11.6 Å². The van der Waals surface area contributed by atoms with E-state index in [4.69, 9.17) is 11.6 Å². The van der Waals surface area contributed by atoms with Crippen LogP contribution in [0.25, 0.3) is 5.03 Å². The number of hydrogen-bond acceptors (Lipinski definition) is 2. The molecule has 74 valence electrons. The zero-order chi connectivity index (χ0) is 10.7. The van der Waals surface area contributed by atoms with E-state index in [1.807, 2.05) is 22.6 Å². The summed E-state index contributed by atoms with van der Waals surface area (Å²) < 4.78 is 0.769. The first kappa shape index (κ1) is 11.9. The molecular formula is C8H4BrClINO2. The molecular weight excluding hydrogens is 384 g/mol. The Morgan fingerprint density at radius 2 is 1.93 bits per heavy atom. The fraction of sp³-hybridized carbons (Fsp3) is 0. The number of non-ortho nitro benzene ring substituents is 1. The highest BCUT2D eigenvalue weighted by atomic mass is 127. The van der Waals surface area contributed by atoms with Crippen LogP contribution in [-0.2, 0) is 0 Å². The average molecular weight is 388 g/mol. The topological polar surface area (TPSA) is 43.1 Å². The van der Waals surface area contributed by atoms with Gasteiger partial charge in [-0.3, -0.25) is 10.1 Å².